The first-order valence-electron chi connectivity index (χ1n) is 5.10. The largest absolute Gasteiger partial charge is 0.376 e. The van der Waals surface area contributed by atoms with Gasteiger partial charge in [0.25, 0.3) is 0 Å². The summed E-state index contributed by atoms with van der Waals surface area (Å²) in [6, 6.07) is -0.187. The van der Waals surface area contributed by atoms with E-state index in [-0.39, 0.29) is 24.2 Å². The Morgan fingerprint density at radius 3 is 2.79 bits per heavy atom. The number of ether oxygens (including phenoxy) is 1. The first-order valence-corrected chi connectivity index (χ1v) is 5.10. The fourth-order valence-corrected chi connectivity index (χ4v) is 1.59. The second kappa shape index (κ2) is 5.17. The summed E-state index contributed by atoms with van der Waals surface area (Å²) in [5.74, 6) is 0. The van der Waals surface area contributed by atoms with Gasteiger partial charge in [-0.2, -0.15) is 0 Å². The van der Waals surface area contributed by atoms with Crippen LogP contribution in [0.4, 0.5) is 4.79 Å². The van der Waals surface area contributed by atoms with Crippen LogP contribution in [0.3, 0.4) is 0 Å². The first-order chi connectivity index (χ1) is 6.69. The highest BCUT2D eigenvalue weighted by molar-refractivity contribution is 5.74. The molecule has 0 aromatic rings. The third kappa shape index (κ3) is 2.59. The van der Waals surface area contributed by atoms with Crippen LogP contribution in [0, 0.1) is 0 Å². The second-order valence-corrected chi connectivity index (χ2v) is 3.42. The van der Waals surface area contributed by atoms with Crippen LogP contribution in [-0.4, -0.2) is 37.4 Å². The molecular weight excluding hydrogens is 182 g/mol. The van der Waals surface area contributed by atoms with E-state index < -0.39 is 0 Å². The van der Waals surface area contributed by atoms with E-state index in [9.17, 15) is 4.79 Å². The van der Waals surface area contributed by atoms with Crippen LogP contribution < -0.4 is 16.4 Å². The normalized spacial score (nSPS) is 30.6. The van der Waals surface area contributed by atoms with E-state index in [1.807, 2.05) is 13.8 Å². The Kier molecular flexibility index (Phi) is 4.16. The lowest BCUT2D eigenvalue weighted by Crippen LogP contribution is -2.65. The van der Waals surface area contributed by atoms with Crippen molar-refractivity contribution in [2.24, 2.45) is 5.73 Å². The van der Waals surface area contributed by atoms with Crippen molar-refractivity contribution in [3.63, 3.8) is 0 Å². The zero-order valence-corrected chi connectivity index (χ0v) is 8.75. The van der Waals surface area contributed by atoms with Crippen LogP contribution in [0.25, 0.3) is 0 Å². The zero-order chi connectivity index (χ0) is 10.6. The van der Waals surface area contributed by atoms with E-state index in [4.69, 9.17) is 10.5 Å². The Morgan fingerprint density at radius 1 is 1.57 bits per heavy atom. The number of carbonyl (C=O) groups excluding carboxylic acids is 1. The maximum absolute atomic E-state index is 11.2. The van der Waals surface area contributed by atoms with Gasteiger partial charge >= 0.3 is 6.03 Å². The van der Waals surface area contributed by atoms with Gasteiger partial charge in [-0.25, -0.2) is 4.79 Å². The van der Waals surface area contributed by atoms with Crippen LogP contribution >= 0.6 is 0 Å². The average Bonchev–Trinajstić information content (AvgIpc) is 2.15. The van der Waals surface area contributed by atoms with E-state index in [2.05, 4.69) is 10.6 Å². The van der Waals surface area contributed by atoms with Gasteiger partial charge in [0.1, 0.15) is 0 Å². The van der Waals surface area contributed by atoms with Gasteiger partial charge in [-0.05, 0) is 20.3 Å². The molecule has 3 unspecified atom stereocenters. The lowest BCUT2D eigenvalue weighted by molar-refractivity contribution is -0.0282. The summed E-state index contributed by atoms with van der Waals surface area (Å²) in [5.41, 5.74) is 5.77. The molecule has 0 aliphatic heterocycles. The van der Waals surface area contributed by atoms with Gasteiger partial charge in [0.15, 0.2) is 0 Å². The molecule has 14 heavy (non-hydrogen) atoms. The Bertz CT molecular complexity index is 196. The molecule has 5 heteroatoms. The molecule has 0 radical (unpaired) electrons. The fourth-order valence-electron chi connectivity index (χ4n) is 1.59. The second-order valence-electron chi connectivity index (χ2n) is 3.42. The van der Waals surface area contributed by atoms with Gasteiger partial charge in [-0.15, -0.1) is 0 Å². The number of carbonyl (C=O) groups is 1. The molecule has 0 aromatic carbocycles. The molecule has 0 saturated heterocycles. The third-order valence-electron chi connectivity index (χ3n) is 2.38. The SMILES string of the molecule is CCNC(=O)NC1C(N)CC1OCC. The summed E-state index contributed by atoms with van der Waals surface area (Å²) < 4.78 is 5.42. The number of hydrogen-bond acceptors (Lipinski definition) is 3. The number of rotatable bonds is 4. The quantitative estimate of drug-likeness (QED) is 0.590. The molecule has 1 fully saturated rings. The standard InChI is InChI=1S/C9H19N3O2/c1-3-11-9(13)12-8-6(10)5-7(8)14-4-2/h6-8H,3-5,10H2,1-2H3,(H2,11,12,13). The highest BCUT2D eigenvalue weighted by Crippen LogP contribution is 2.22. The van der Waals surface area contributed by atoms with Gasteiger partial charge in [-0.1, -0.05) is 0 Å². The molecule has 0 aromatic heterocycles. The van der Waals surface area contributed by atoms with Crippen molar-refractivity contribution >= 4 is 6.03 Å². The summed E-state index contributed by atoms with van der Waals surface area (Å²) in [7, 11) is 0. The van der Waals surface area contributed by atoms with Crippen LogP contribution in [-0.2, 0) is 4.74 Å². The molecule has 1 aliphatic carbocycles. The molecule has 1 saturated carbocycles. The molecule has 3 atom stereocenters. The molecule has 5 nitrogen and oxygen atoms in total. The van der Waals surface area contributed by atoms with Crippen molar-refractivity contribution in [1.82, 2.24) is 10.6 Å². The predicted molar refractivity (Wildman–Crippen MR) is 54.0 cm³/mol. The minimum absolute atomic E-state index is 0.0224. The number of hydrogen-bond donors (Lipinski definition) is 3. The Labute approximate surface area is 84.4 Å². The Hall–Kier alpha value is -0.810. The first kappa shape index (κ1) is 11.3. The number of amides is 2. The topological polar surface area (TPSA) is 76.4 Å². The molecule has 1 rings (SSSR count). The lowest BCUT2D eigenvalue weighted by Gasteiger charge is -2.42. The van der Waals surface area contributed by atoms with E-state index in [1.54, 1.807) is 0 Å². The highest BCUT2D eigenvalue weighted by atomic mass is 16.5. The van der Waals surface area contributed by atoms with Gasteiger partial charge in [-0.3, -0.25) is 0 Å². The minimum Gasteiger partial charge on any atom is -0.376 e. The molecule has 4 N–H and O–H groups in total. The van der Waals surface area contributed by atoms with Crippen LogP contribution in [0.1, 0.15) is 20.3 Å². The van der Waals surface area contributed by atoms with E-state index in [0.717, 1.165) is 6.42 Å². The molecule has 82 valence electrons. The molecule has 2 amide bonds. The minimum atomic E-state index is -0.169. The van der Waals surface area contributed by atoms with Crippen molar-refractivity contribution < 1.29 is 9.53 Å². The van der Waals surface area contributed by atoms with Crippen molar-refractivity contribution in [1.29, 1.82) is 0 Å². The van der Waals surface area contributed by atoms with Crippen molar-refractivity contribution in [2.45, 2.75) is 38.5 Å². The van der Waals surface area contributed by atoms with Crippen molar-refractivity contribution in [2.75, 3.05) is 13.2 Å². The van der Waals surface area contributed by atoms with Crippen LogP contribution in [0.15, 0.2) is 0 Å². The Balaban J connectivity index is 2.30. The van der Waals surface area contributed by atoms with Gasteiger partial charge < -0.3 is 21.1 Å². The fraction of sp³-hybridized carbons (Fsp3) is 0.889. The smallest absolute Gasteiger partial charge is 0.315 e. The third-order valence-corrected chi connectivity index (χ3v) is 2.38. The summed E-state index contributed by atoms with van der Waals surface area (Å²) in [4.78, 5) is 11.2. The van der Waals surface area contributed by atoms with E-state index >= 15 is 0 Å². The number of nitrogens with one attached hydrogen (secondary N) is 2. The number of nitrogens with two attached hydrogens (primary N) is 1. The molecule has 0 spiro atoms. The maximum atomic E-state index is 11.2. The summed E-state index contributed by atoms with van der Waals surface area (Å²) in [6.07, 6.45) is 0.905. The molecule has 1 aliphatic rings. The maximum Gasteiger partial charge on any atom is 0.315 e. The molecule has 0 bridgehead atoms. The highest BCUT2D eigenvalue weighted by Gasteiger charge is 2.40. The monoisotopic (exact) mass is 201 g/mol. The predicted octanol–water partition coefficient (Wildman–Crippen LogP) is -0.190. The summed E-state index contributed by atoms with van der Waals surface area (Å²) in [6.45, 7) is 5.09. The lowest BCUT2D eigenvalue weighted by atomic mass is 9.83. The van der Waals surface area contributed by atoms with Gasteiger partial charge in [0.2, 0.25) is 0 Å². The molecular formula is C9H19N3O2. The van der Waals surface area contributed by atoms with E-state index in [0.29, 0.717) is 13.2 Å². The number of urea groups is 1. The van der Waals surface area contributed by atoms with Crippen LogP contribution in [0.5, 0.6) is 0 Å². The Morgan fingerprint density at radius 2 is 2.29 bits per heavy atom. The average molecular weight is 201 g/mol. The summed E-state index contributed by atoms with van der Waals surface area (Å²) in [5, 5.41) is 5.47. The van der Waals surface area contributed by atoms with E-state index in [1.165, 1.54) is 0 Å². The van der Waals surface area contributed by atoms with Gasteiger partial charge in [0, 0.05) is 19.2 Å². The van der Waals surface area contributed by atoms with Crippen molar-refractivity contribution in [3.8, 4) is 0 Å². The van der Waals surface area contributed by atoms with Crippen molar-refractivity contribution in [3.05, 3.63) is 0 Å². The summed E-state index contributed by atoms with van der Waals surface area (Å²) >= 11 is 0. The zero-order valence-electron chi connectivity index (χ0n) is 8.75. The van der Waals surface area contributed by atoms with Crippen LogP contribution in [0.2, 0.25) is 0 Å². The molecule has 0 heterocycles. The van der Waals surface area contributed by atoms with Gasteiger partial charge in [0.05, 0.1) is 12.1 Å².